The first kappa shape index (κ1) is 17.2. The third-order valence-electron chi connectivity index (χ3n) is 3.37. The van der Waals surface area contributed by atoms with Crippen molar-refractivity contribution in [2.45, 2.75) is 19.0 Å². The van der Waals surface area contributed by atoms with Crippen molar-refractivity contribution in [3.63, 3.8) is 0 Å². The van der Waals surface area contributed by atoms with Crippen LogP contribution in [-0.2, 0) is 4.79 Å². The second-order valence-corrected chi connectivity index (χ2v) is 6.65. The molecule has 0 aliphatic rings. The Bertz CT molecular complexity index is 1010. The smallest absolute Gasteiger partial charge is 0.256 e. The Morgan fingerprint density at radius 1 is 1.36 bits per heavy atom. The van der Waals surface area contributed by atoms with Crippen LogP contribution >= 0.6 is 23.4 Å². The molecule has 126 valence electrons. The lowest BCUT2D eigenvalue weighted by molar-refractivity contribution is -0.113. The number of thioether (sulfide) groups is 1. The van der Waals surface area contributed by atoms with Gasteiger partial charge in [-0.05, 0) is 38.1 Å². The van der Waals surface area contributed by atoms with Gasteiger partial charge in [0.05, 0.1) is 16.3 Å². The van der Waals surface area contributed by atoms with Crippen molar-refractivity contribution in [2.24, 2.45) is 0 Å². The topological polar surface area (TPSA) is 96.0 Å². The number of nitrogens with one attached hydrogen (secondary N) is 1. The summed E-state index contributed by atoms with van der Waals surface area (Å²) in [6, 6.07) is 8.65. The molecule has 25 heavy (non-hydrogen) atoms. The average Bonchev–Trinajstić information content (AvgIpc) is 2.96. The molecule has 3 aromatic rings. The summed E-state index contributed by atoms with van der Waals surface area (Å²) in [7, 11) is 0. The van der Waals surface area contributed by atoms with Crippen LogP contribution < -0.4 is 5.32 Å². The molecular weight excluding hydrogens is 360 g/mol. The summed E-state index contributed by atoms with van der Waals surface area (Å²) < 4.78 is 1.81. The Kier molecular flexibility index (Phi) is 4.88. The fraction of sp³-hybridized carbons (Fsp3) is 0.188. The molecule has 7 nitrogen and oxygen atoms in total. The zero-order valence-electron chi connectivity index (χ0n) is 13.4. The molecule has 0 saturated heterocycles. The van der Waals surface area contributed by atoms with Crippen molar-refractivity contribution >= 4 is 40.7 Å². The van der Waals surface area contributed by atoms with Gasteiger partial charge in [-0.15, -0.1) is 10.2 Å². The van der Waals surface area contributed by atoms with E-state index >= 15 is 0 Å². The number of hydrogen-bond acceptors (Lipinski definition) is 6. The fourth-order valence-electron chi connectivity index (χ4n) is 2.30. The number of aryl methyl sites for hydroxylation is 2. The molecule has 0 saturated carbocycles. The summed E-state index contributed by atoms with van der Waals surface area (Å²) in [5.41, 5.74) is 2.72. The van der Waals surface area contributed by atoms with E-state index in [-0.39, 0.29) is 11.7 Å². The van der Waals surface area contributed by atoms with Crippen molar-refractivity contribution < 1.29 is 4.79 Å². The molecule has 3 rings (SSSR count). The molecule has 1 N–H and O–H groups in total. The first-order valence-electron chi connectivity index (χ1n) is 7.29. The van der Waals surface area contributed by atoms with Gasteiger partial charge in [0.25, 0.3) is 5.78 Å². The number of nitrogens with zero attached hydrogens (tertiary/aromatic N) is 5. The number of nitriles is 1. The lowest BCUT2D eigenvalue weighted by Crippen LogP contribution is -2.14. The number of aromatic nitrogens is 4. The molecule has 0 aliphatic heterocycles. The third kappa shape index (κ3) is 3.73. The van der Waals surface area contributed by atoms with E-state index in [4.69, 9.17) is 16.9 Å². The van der Waals surface area contributed by atoms with Gasteiger partial charge >= 0.3 is 0 Å². The van der Waals surface area contributed by atoms with Gasteiger partial charge in [-0.3, -0.25) is 9.20 Å². The molecule has 0 spiro atoms. The quantitative estimate of drug-likeness (QED) is 0.707. The second kappa shape index (κ2) is 7.09. The van der Waals surface area contributed by atoms with E-state index in [1.807, 2.05) is 30.4 Å². The van der Waals surface area contributed by atoms with Gasteiger partial charge in [-0.25, -0.2) is 4.98 Å². The minimum absolute atomic E-state index is 0.158. The fourth-order valence-corrected chi connectivity index (χ4v) is 3.31. The number of carbonyl (C=O) groups is 1. The largest absolute Gasteiger partial charge is 0.325 e. The molecule has 9 heteroatoms. The molecule has 0 aliphatic carbocycles. The Balaban J connectivity index is 1.69. The van der Waals surface area contributed by atoms with Crippen molar-refractivity contribution in [1.29, 1.82) is 5.26 Å². The third-order valence-corrected chi connectivity index (χ3v) is 4.61. The summed E-state index contributed by atoms with van der Waals surface area (Å²) in [5.74, 6) is 0.464. The summed E-state index contributed by atoms with van der Waals surface area (Å²) in [5, 5.41) is 20.6. The van der Waals surface area contributed by atoms with Gasteiger partial charge in [0.15, 0.2) is 5.16 Å². The standard InChI is InChI=1S/C16H13ClN6OS/c1-9-5-10(2)23-15(19-9)21-22-16(23)25-8-14(24)20-12-4-3-11(7-18)13(17)6-12/h3-6H,8H2,1-2H3,(H,20,24). The normalized spacial score (nSPS) is 10.6. The lowest BCUT2D eigenvalue weighted by Gasteiger charge is -2.06. The molecule has 2 heterocycles. The van der Waals surface area contributed by atoms with E-state index in [1.54, 1.807) is 18.2 Å². The predicted molar refractivity (Wildman–Crippen MR) is 95.8 cm³/mol. The highest BCUT2D eigenvalue weighted by Crippen LogP contribution is 2.22. The zero-order chi connectivity index (χ0) is 18.0. The summed E-state index contributed by atoms with van der Waals surface area (Å²) >= 11 is 7.23. The number of hydrogen-bond donors (Lipinski definition) is 1. The Morgan fingerprint density at radius 2 is 2.16 bits per heavy atom. The molecule has 0 radical (unpaired) electrons. The average molecular weight is 373 g/mol. The molecule has 0 atom stereocenters. The lowest BCUT2D eigenvalue weighted by atomic mass is 10.2. The van der Waals surface area contributed by atoms with E-state index in [2.05, 4.69) is 20.5 Å². The van der Waals surface area contributed by atoms with E-state index < -0.39 is 0 Å². The highest BCUT2D eigenvalue weighted by molar-refractivity contribution is 7.99. The minimum atomic E-state index is -0.208. The van der Waals surface area contributed by atoms with Gasteiger partial charge in [0.2, 0.25) is 5.91 Å². The second-order valence-electron chi connectivity index (χ2n) is 5.30. The van der Waals surface area contributed by atoms with Crippen molar-refractivity contribution in [3.05, 3.63) is 46.2 Å². The van der Waals surface area contributed by atoms with Crippen LogP contribution in [0.1, 0.15) is 17.0 Å². The minimum Gasteiger partial charge on any atom is -0.325 e. The molecular formula is C16H13ClN6OS. The first-order valence-corrected chi connectivity index (χ1v) is 8.66. The number of halogens is 1. The molecule has 0 fully saturated rings. The maximum Gasteiger partial charge on any atom is 0.256 e. The number of anilines is 1. The van der Waals surface area contributed by atoms with Gasteiger partial charge in [0.1, 0.15) is 6.07 Å². The summed E-state index contributed by atoms with van der Waals surface area (Å²) in [6.45, 7) is 3.83. The van der Waals surface area contributed by atoms with Crippen LogP contribution in [-0.4, -0.2) is 31.2 Å². The summed E-state index contributed by atoms with van der Waals surface area (Å²) in [4.78, 5) is 16.4. The van der Waals surface area contributed by atoms with Gasteiger partial charge in [-0.1, -0.05) is 23.4 Å². The number of fused-ring (bicyclic) bond motifs is 1. The molecule has 2 aromatic heterocycles. The van der Waals surface area contributed by atoms with Crippen LogP contribution in [0.2, 0.25) is 5.02 Å². The molecule has 1 amide bonds. The Labute approximate surface area is 153 Å². The van der Waals surface area contributed by atoms with Crippen LogP contribution in [0.5, 0.6) is 0 Å². The van der Waals surface area contributed by atoms with Crippen LogP contribution in [0, 0.1) is 25.2 Å². The van der Waals surface area contributed by atoms with Crippen LogP contribution in [0.4, 0.5) is 5.69 Å². The van der Waals surface area contributed by atoms with Crippen molar-refractivity contribution in [2.75, 3.05) is 11.1 Å². The maximum atomic E-state index is 12.1. The van der Waals surface area contributed by atoms with Gasteiger partial charge in [0, 0.05) is 17.1 Å². The Hall–Kier alpha value is -2.63. The Morgan fingerprint density at radius 3 is 2.88 bits per heavy atom. The molecule has 0 bridgehead atoms. The van der Waals surface area contributed by atoms with Crippen LogP contribution in [0.15, 0.2) is 29.4 Å². The van der Waals surface area contributed by atoms with Crippen LogP contribution in [0.25, 0.3) is 5.78 Å². The molecule has 1 aromatic carbocycles. The van der Waals surface area contributed by atoms with Gasteiger partial charge < -0.3 is 5.32 Å². The monoisotopic (exact) mass is 372 g/mol. The van der Waals surface area contributed by atoms with Crippen molar-refractivity contribution in [3.8, 4) is 6.07 Å². The SMILES string of the molecule is Cc1cc(C)n2c(SCC(=O)Nc3ccc(C#N)c(Cl)c3)nnc2n1. The number of carbonyl (C=O) groups excluding carboxylic acids is 1. The number of amides is 1. The highest BCUT2D eigenvalue weighted by Gasteiger charge is 2.12. The summed E-state index contributed by atoms with van der Waals surface area (Å²) in [6.07, 6.45) is 0. The first-order chi connectivity index (χ1) is 12.0. The van der Waals surface area contributed by atoms with E-state index in [0.29, 0.717) is 27.2 Å². The predicted octanol–water partition coefficient (Wildman–Crippen LogP) is 3.00. The van der Waals surface area contributed by atoms with E-state index in [9.17, 15) is 4.79 Å². The van der Waals surface area contributed by atoms with E-state index in [0.717, 1.165) is 11.4 Å². The number of rotatable bonds is 4. The van der Waals surface area contributed by atoms with E-state index in [1.165, 1.54) is 11.8 Å². The maximum absolute atomic E-state index is 12.1. The molecule has 0 unspecified atom stereocenters. The van der Waals surface area contributed by atoms with Crippen molar-refractivity contribution in [1.82, 2.24) is 19.6 Å². The van der Waals surface area contributed by atoms with Gasteiger partial charge in [-0.2, -0.15) is 5.26 Å². The van der Waals surface area contributed by atoms with Crippen LogP contribution in [0.3, 0.4) is 0 Å². The zero-order valence-corrected chi connectivity index (χ0v) is 15.0. The number of benzene rings is 1. The highest BCUT2D eigenvalue weighted by atomic mass is 35.5.